The van der Waals surface area contributed by atoms with E-state index in [1.807, 2.05) is 264 Å². The lowest BCUT2D eigenvalue weighted by atomic mass is 9.84. The van der Waals surface area contributed by atoms with Gasteiger partial charge < -0.3 is 43.9 Å². The molecule has 0 N–H and O–H groups in total. The number of benzene rings is 4. The molecule has 8 atom stereocenters. The number of hydrogen-bond donors (Lipinski definition) is 0. The highest BCUT2D eigenvalue weighted by Gasteiger charge is 2.39. The third-order valence-corrected chi connectivity index (χ3v) is 19.2. The van der Waals surface area contributed by atoms with E-state index in [1.54, 1.807) is 118 Å². The van der Waals surface area contributed by atoms with E-state index in [2.05, 4.69) is 40.3 Å². The average molecular weight is 1540 g/mol. The van der Waals surface area contributed by atoms with Crippen LogP contribution in [0, 0.1) is 12.8 Å². The van der Waals surface area contributed by atoms with Gasteiger partial charge in [0.25, 0.3) is 29.5 Å². The summed E-state index contributed by atoms with van der Waals surface area (Å²) in [5.74, 6) is 1.34. The number of hydrogen-bond acceptors (Lipinski definition) is 9. The number of anilines is 2. The van der Waals surface area contributed by atoms with E-state index < -0.39 is 18.1 Å². The van der Waals surface area contributed by atoms with Crippen LogP contribution in [0.15, 0.2) is 139 Å². The lowest BCUT2D eigenvalue weighted by Gasteiger charge is -2.29. The molecule has 11 rings (SSSR count). The molecule has 5 aliphatic heterocycles. The maximum atomic E-state index is 12.7. The van der Waals surface area contributed by atoms with Gasteiger partial charge in [0.1, 0.15) is 30.0 Å². The molecule has 0 bridgehead atoms. The zero-order valence-electron chi connectivity index (χ0n) is 77.1. The van der Waals surface area contributed by atoms with Crippen LogP contribution in [0.3, 0.4) is 0 Å². The summed E-state index contributed by atoms with van der Waals surface area (Å²) in [5, 5.41) is 0. The molecule has 8 unspecified atom stereocenters. The number of carbonyl (C=O) groups excluding carboxylic acids is 8. The fraction of sp³-hybridized carbons (Fsp3) is 0.553. The molecule has 17 heteroatoms. The zero-order chi connectivity index (χ0) is 87.6. The van der Waals surface area contributed by atoms with Crippen LogP contribution in [-0.2, 0) is 32.0 Å². The Morgan fingerprint density at radius 1 is 0.432 bits per heavy atom. The molecule has 8 amide bonds. The van der Waals surface area contributed by atoms with Gasteiger partial charge in [-0.25, -0.2) is 0 Å². The van der Waals surface area contributed by atoms with Gasteiger partial charge in [0, 0.05) is 68.0 Å². The second-order valence-corrected chi connectivity index (χ2v) is 24.3. The molecule has 0 spiro atoms. The van der Waals surface area contributed by atoms with Gasteiger partial charge in [0.15, 0.2) is 0 Å². The molecule has 4 aromatic carbocycles. The van der Waals surface area contributed by atoms with Crippen LogP contribution in [0.5, 0.6) is 5.75 Å². The minimum Gasteiger partial charge on any atom is -0.488 e. The highest BCUT2D eigenvalue weighted by Crippen LogP contribution is 2.39. The predicted octanol–water partition coefficient (Wildman–Crippen LogP) is 21.7. The number of nitrogens with zero attached hydrogens (tertiary/aromatic N) is 8. The van der Waals surface area contributed by atoms with E-state index in [4.69, 9.17) is 4.74 Å². The van der Waals surface area contributed by atoms with Crippen molar-refractivity contribution in [1.29, 1.82) is 0 Å². The van der Waals surface area contributed by atoms with Crippen LogP contribution in [0.4, 0.5) is 11.4 Å². The quantitative estimate of drug-likeness (QED) is 0.177. The maximum absolute atomic E-state index is 12.7. The fourth-order valence-electron chi connectivity index (χ4n) is 12.2. The summed E-state index contributed by atoms with van der Waals surface area (Å²) < 4.78 is 5.75. The van der Waals surface area contributed by atoms with Gasteiger partial charge in [-0.3, -0.25) is 38.4 Å². The Hall–Kier alpha value is -8.86. The Morgan fingerprint density at radius 3 is 1.35 bits per heavy atom. The molecule has 5 heterocycles. The molecule has 17 nitrogen and oxygen atoms in total. The van der Waals surface area contributed by atoms with Gasteiger partial charge >= 0.3 is 0 Å². The van der Waals surface area contributed by atoms with E-state index >= 15 is 0 Å². The Bertz CT molecular complexity index is 3570. The minimum absolute atomic E-state index is 0.0163. The molecule has 1 saturated heterocycles. The SMILES string of the molecule is C=C/C=C\C=C1\C=C2C(=O)N(C)C(C)C(=O)N(C)C2=CC1.CC.CC.CC.CC.CC.CC.CC.CC.CC.CC.CC.CC1C(=O)N(C)c2ccccc2C(=O)N1C.CC1Oc2ccccc2C(=O)N(C)C1C.CC1c2ccccc2C(=O)N(C)C(C)C1C.Cc1c2c(cc3c1N(C)C(=O)C(C)N(C)C3=O)CCCC2. The van der Waals surface area contributed by atoms with Crippen molar-refractivity contribution in [2.75, 3.05) is 66.2 Å². The standard InChI is InChI=1S/C17H22N2O2.C17H20N2O2.C14H19NO.C12H14N2O2.C12H15NO2.11C2H6/c1-10-13-8-6-5-7-12(13)9-14-15(10)19(4)16(20)11(2)18(3)17(14)21;1-5-6-7-8-13-9-10-15-14(11-13)17(21)18(3)12(2)16(20)19(15)4;1-9-10(2)12-7-5-6-8-13(12)14(16)15(4)11(9)3;1-8-11(15)14(3)10-7-5-4-6-9(10)12(16)13(8)2;1-8-9(2)15-11-7-5-4-6-10(11)12(14)13(8)3;11*1-2/h9,11H,5-8H2,1-4H3;5-8,10-12H,1,9H2,2-4H3;5-11H,1-4H3;4-8H,1-3H3;4-9H,1-3H3;11*1-2H3/b;7-6-,13-8+;;;;;;;;;;;;;;. The van der Waals surface area contributed by atoms with Crippen molar-refractivity contribution in [3.63, 3.8) is 0 Å². The van der Waals surface area contributed by atoms with E-state index in [0.717, 1.165) is 35.2 Å². The van der Waals surface area contributed by atoms with E-state index in [9.17, 15) is 38.4 Å². The Morgan fingerprint density at radius 2 is 0.838 bits per heavy atom. The summed E-state index contributed by atoms with van der Waals surface area (Å²) >= 11 is 0. The Labute approximate surface area is 677 Å². The van der Waals surface area contributed by atoms with E-state index in [1.165, 1.54) is 39.3 Å². The van der Waals surface area contributed by atoms with Crippen molar-refractivity contribution in [3.05, 3.63) is 183 Å². The largest absolute Gasteiger partial charge is 0.488 e. The fourth-order valence-corrected chi connectivity index (χ4v) is 12.2. The van der Waals surface area contributed by atoms with Gasteiger partial charge in [-0.05, 0) is 163 Å². The van der Waals surface area contributed by atoms with Crippen molar-refractivity contribution >= 4 is 58.6 Å². The molecule has 0 aromatic heterocycles. The molecule has 0 saturated carbocycles. The molecule has 111 heavy (non-hydrogen) atoms. The second kappa shape index (κ2) is 59.9. The number of allylic oxidation sites excluding steroid dienone is 7. The first-order chi connectivity index (χ1) is 53.1. The third-order valence-electron chi connectivity index (χ3n) is 19.2. The summed E-state index contributed by atoms with van der Waals surface area (Å²) in [7, 11) is 13.9. The number of amides is 8. The van der Waals surface area contributed by atoms with Crippen molar-refractivity contribution in [2.24, 2.45) is 5.92 Å². The average Bonchev–Trinajstić information content (AvgIpc) is 1.72. The number of aryl methyl sites for hydroxylation is 1. The van der Waals surface area contributed by atoms with Crippen molar-refractivity contribution < 1.29 is 43.1 Å². The van der Waals surface area contributed by atoms with Gasteiger partial charge in [0.05, 0.1) is 45.4 Å². The second-order valence-electron chi connectivity index (χ2n) is 24.3. The van der Waals surface area contributed by atoms with Crippen molar-refractivity contribution in [2.45, 2.75) is 289 Å². The third kappa shape index (κ3) is 29.0. The highest BCUT2D eigenvalue weighted by molar-refractivity contribution is 6.12. The Kier molecular flexibility index (Phi) is 59.7. The molecule has 4 aromatic rings. The molecule has 1 fully saturated rings. The molecule has 0 radical (unpaired) electrons. The number of rotatable bonds is 2. The minimum atomic E-state index is -0.456. The van der Waals surface area contributed by atoms with Gasteiger partial charge in [0.2, 0.25) is 17.7 Å². The van der Waals surface area contributed by atoms with E-state index in [0.29, 0.717) is 57.7 Å². The van der Waals surface area contributed by atoms with Gasteiger partial charge in [-0.1, -0.05) is 246 Å². The summed E-state index contributed by atoms with van der Waals surface area (Å²) in [6.45, 7) is 65.5. The smallest absolute Gasteiger partial charge is 0.257 e. The zero-order valence-corrected chi connectivity index (χ0v) is 77.1. The number of ether oxygens (including phenoxy) is 1. The van der Waals surface area contributed by atoms with Crippen LogP contribution < -0.4 is 14.5 Å². The molecule has 2 aliphatic carbocycles. The van der Waals surface area contributed by atoms with Crippen LogP contribution in [0.25, 0.3) is 0 Å². The summed E-state index contributed by atoms with van der Waals surface area (Å²) in [6.07, 6.45) is 16.3. The van der Waals surface area contributed by atoms with Crippen LogP contribution in [0.2, 0.25) is 0 Å². The summed E-state index contributed by atoms with van der Waals surface area (Å²) in [6, 6.07) is 23.6. The lowest BCUT2D eigenvalue weighted by molar-refractivity contribution is -0.137. The number of carbonyl (C=O) groups is 8. The topological polar surface area (TPSA) is 172 Å². The van der Waals surface area contributed by atoms with Crippen LogP contribution in [-0.4, -0.2) is 169 Å². The summed E-state index contributed by atoms with van der Waals surface area (Å²) in [5.41, 5.74) is 11.5. The number of para-hydroxylation sites is 2. The van der Waals surface area contributed by atoms with Gasteiger partial charge in [-0.15, -0.1) is 0 Å². The Balaban J connectivity index is -0.000000398. The van der Waals surface area contributed by atoms with Crippen molar-refractivity contribution in [3.8, 4) is 5.75 Å². The first-order valence-electron chi connectivity index (χ1n) is 41.8. The monoisotopic (exact) mass is 1540 g/mol. The van der Waals surface area contributed by atoms with Gasteiger partial charge in [-0.2, -0.15) is 0 Å². The summed E-state index contributed by atoms with van der Waals surface area (Å²) in [4.78, 5) is 111. The predicted molar refractivity (Wildman–Crippen MR) is 476 cm³/mol. The molecule has 7 aliphatic rings. The number of fused-ring (bicyclic) bond motifs is 6. The van der Waals surface area contributed by atoms with Crippen LogP contribution >= 0.6 is 0 Å². The maximum Gasteiger partial charge on any atom is 0.257 e. The van der Waals surface area contributed by atoms with Crippen LogP contribution in [0.1, 0.15) is 297 Å². The molecule has 626 valence electrons. The van der Waals surface area contributed by atoms with E-state index in [-0.39, 0.29) is 65.4 Å². The lowest BCUT2D eigenvalue weighted by Crippen LogP contribution is -2.43. The molecular weight excluding hydrogens is 1390 g/mol. The van der Waals surface area contributed by atoms with Crippen molar-refractivity contribution in [1.82, 2.24) is 29.4 Å². The first kappa shape index (κ1) is 111. The first-order valence-corrected chi connectivity index (χ1v) is 41.8. The highest BCUT2D eigenvalue weighted by atomic mass is 16.5. The normalized spacial score (nSPS) is 20.2. The molecular formula is C94H156N8O9. The number of likely N-dealkylation sites (N-methyl/N-ethyl adjacent to an activating group) is 7.